The van der Waals surface area contributed by atoms with Gasteiger partial charge in [-0.15, -0.1) is 22.7 Å². The van der Waals surface area contributed by atoms with Gasteiger partial charge in [0.1, 0.15) is 5.01 Å². The van der Waals surface area contributed by atoms with Crippen molar-refractivity contribution in [2.45, 2.75) is 32.6 Å². The lowest BCUT2D eigenvalue weighted by molar-refractivity contribution is 0.309. The van der Waals surface area contributed by atoms with Crippen LogP contribution in [0.1, 0.15) is 24.4 Å². The number of nitrogens with zero attached hydrogens (tertiary/aromatic N) is 2. The number of likely N-dealkylation sites (N-methyl/N-ethyl adjacent to an activating group) is 1. The summed E-state index contributed by atoms with van der Waals surface area (Å²) in [5.74, 6) is 0. The molecule has 0 atom stereocenters. The van der Waals surface area contributed by atoms with Gasteiger partial charge in [0.05, 0.1) is 9.77 Å². The first kappa shape index (κ1) is 18.5. The molecule has 1 N–H and O–H groups in total. The summed E-state index contributed by atoms with van der Waals surface area (Å²) in [7, 11) is -3.47. The van der Waals surface area contributed by atoms with Gasteiger partial charge in [-0.1, -0.05) is 13.8 Å². The number of sulfonamides is 1. The zero-order valence-corrected chi connectivity index (χ0v) is 16.4. The van der Waals surface area contributed by atoms with Gasteiger partial charge in [0.25, 0.3) is 0 Å². The number of hydrogen-bond acceptors (Lipinski definition) is 6. The lowest BCUT2D eigenvalue weighted by Gasteiger charge is -2.17. The Bertz CT molecular complexity index is 746. The minimum Gasteiger partial charge on any atom is -0.303 e. The van der Waals surface area contributed by atoms with Crippen molar-refractivity contribution in [3.05, 3.63) is 22.0 Å². The van der Waals surface area contributed by atoms with Crippen LogP contribution >= 0.6 is 22.7 Å². The third-order valence-corrected chi connectivity index (χ3v) is 7.50. The van der Waals surface area contributed by atoms with Crippen LogP contribution in [0.25, 0.3) is 9.88 Å². The van der Waals surface area contributed by atoms with Crippen molar-refractivity contribution in [2.24, 2.45) is 0 Å². The van der Waals surface area contributed by atoms with Crippen molar-refractivity contribution in [1.29, 1.82) is 0 Å². The number of thiazole rings is 1. The van der Waals surface area contributed by atoms with E-state index in [1.54, 1.807) is 17.4 Å². The third-order valence-electron chi connectivity index (χ3n) is 3.61. The standard InChI is InChI=1S/C15H23N3O2S3/c1-5-18(6-2)8-7-16-23(19,20)14-9-13(22-12(14)4)15-17-11(3)10-21-15/h9-10,16H,5-8H2,1-4H3. The Labute approximate surface area is 146 Å². The van der Waals surface area contributed by atoms with Gasteiger partial charge in [-0.25, -0.2) is 18.1 Å². The molecular formula is C15H23N3O2S3. The van der Waals surface area contributed by atoms with Crippen molar-refractivity contribution < 1.29 is 8.42 Å². The van der Waals surface area contributed by atoms with E-state index in [2.05, 4.69) is 28.5 Å². The lowest BCUT2D eigenvalue weighted by Crippen LogP contribution is -2.34. The van der Waals surface area contributed by atoms with Gasteiger partial charge in [-0.05, 0) is 33.0 Å². The summed E-state index contributed by atoms with van der Waals surface area (Å²) in [5.41, 5.74) is 0.956. The second-order valence-electron chi connectivity index (χ2n) is 5.25. The maximum Gasteiger partial charge on any atom is 0.241 e. The van der Waals surface area contributed by atoms with Crippen LogP contribution in [0.5, 0.6) is 0 Å². The Morgan fingerprint density at radius 1 is 1.26 bits per heavy atom. The van der Waals surface area contributed by atoms with E-state index in [0.29, 0.717) is 18.0 Å². The average molecular weight is 374 g/mol. The fourth-order valence-electron chi connectivity index (χ4n) is 2.26. The first-order valence-corrected chi connectivity index (χ1v) is 10.8. The van der Waals surface area contributed by atoms with E-state index >= 15 is 0 Å². The molecule has 0 unspecified atom stereocenters. The highest BCUT2D eigenvalue weighted by molar-refractivity contribution is 7.89. The average Bonchev–Trinajstić information content (AvgIpc) is 3.10. The van der Waals surface area contributed by atoms with Gasteiger partial charge < -0.3 is 4.90 Å². The maximum atomic E-state index is 12.5. The number of aryl methyl sites for hydroxylation is 2. The third kappa shape index (κ3) is 4.60. The molecule has 23 heavy (non-hydrogen) atoms. The molecular weight excluding hydrogens is 350 g/mol. The Kier molecular flexibility index (Phi) is 6.33. The van der Waals surface area contributed by atoms with Crippen LogP contribution in [0.2, 0.25) is 0 Å². The molecule has 0 bridgehead atoms. The van der Waals surface area contributed by atoms with Crippen LogP contribution in [0.15, 0.2) is 16.3 Å². The maximum absolute atomic E-state index is 12.5. The van der Waals surface area contributed by atoms with E-state index in [-0.39, 0.29) is 0 Å². The summed E-state index contributed by atoms with van der Waals surface area (Å²) in [4.78, 5) is 8.69. The number of nitrogens with one attached hydrogen (secondary N) is 1. The van der Waals surface area contributed by atoms with Crippen LogP contribution in [0, 0.1) is 13.8 Å². The minimum absolute atomic E-state index is 0.366. The first-order valence-electron chi connectivity index (χ1n) is 7.62. The molecule has 0 radical (unpaired) electrons. The topological polar surface area (TPSA) is 62.3 Å². The normalized spacial score (nSPS) is 12.2. The molecule has 0 saturated carbocycles. The molecule has 0 amide bonds. The van der Waals surface area contributed by atoms with E-state index in [1.165, 1.54) is 11.3 Å². The monoisotopic (exact) mass is 373 g/mol. The molecule has 0 saturated heterocycles. The summed E-state index contributed by atoms with van der Waals surface area (Å²) in [5, 5.41) is 2.85. The first-order chi connectivity index (χ1) is 10.9. The van der Waals surface area contributed by atoms with Crippen LogP contribution in [0.4, 0.5) is 0 Å². The van der Waals surface area contributed by atoms with E-state index in [9.17, 15) is 8.42 Å². The van der Waals surface area contributed by atoms with Crippen molar-refractivity contribution in [3.63, 3.8) is 0 Å². The Hall–Kier alpha value is -0.800. The summed E-state index contributed by atoms with van der Waals surface area (Å²) in [6, 6.07) is 1.73. The molecule has 5 nitrogen and oxygen atoms in total. The van der Waals surface area contributed by atoms with E-state index in [0.717, 1.165) is 33.5 Å². The largest absolute Gasteiger partial charge is 0.303 e. The minimum atomic E-state index is -3.47. The lowest BCUT2D eigenvalue weighted by atomic mass is 10.4. The van der Waals surface area contributed by atoms with Crippen LogP contribution < -0.4 is 4.72 Å². The highest BCUT2D eigenvalue weighted by atomic mass is 32.2. The molecule has 128 valence electrons. The number of thiophene rings is 1. The quantitative estimate of drug-likeness (QED) is 0.772. The highest BCUT2D eigenvalue weighted by Crippen LogP contribution is 2.34. The van der Waals surface area contributed by atoms with Gasteiger partial charge in [-0.2, -0.15) is 0 Å². The molecule has 0 aliphatic carbocycles. The molecule has 2 rings (SSSR count). The molecule has 2 aromatic heterocycles. The van der Waals surface area contributed by atoms with Crippen molar-refractivity contribution in [3.8, 4) is 9.88 Å². The molecule has 0 fully saturated rings. The van der Waals surface area contributed by atoms with Crippen LogP contribution in [-0.4, -0.2) is 44.5 Å². The highest BCUT2D eigenvalue weighted by Gasteiger charge is 2.21. The molecule has 0 spiro atoms. The molecule has 2 aromatic rings. The number of rotatable bonds is 8. The molecule has 8 heteroatoms. The number of hydrogen-bond donors (Lipinski definition) is 1. The second kappa shape index (κ2) is 7.85. The molecule has 0 aliphatic heterocycles. The van der Waals surface area contributed by atoms with E-state index in [4.69, 9.17) is 0 Å². The predicted octanol–water partition coefficient (Wildman–Crippen LogP) is 3.11. The Morgan fingerprint density at radius 3 is 2.52 bits per heavy atom. The van der Waals surface area contributed by atoms with Gasteiger partial charge >= 0.3 is 0 Å². The van der Waals surface area contributed by atoms with Crippen LogP contribution in [0.3, 0.4) is 0 Å². The molecule has 0 aromatic carbocycles. The van der Waals surface area contributed by atoms with Gasteiger partial charge in [0, 0.05) is 29.0 Å². The fourth-order valence-corrected chi connectivity index (χ4v) is 5.73. The number of aromatic nitrogens is 1. The van der Waals surface area contributed by atoms with Crippen molar-refractivity contribution in [1.82, 2.24) is 14.6 Å². The molecule has 2 heterocycles. The Morgan fingerprint density at radius 2 is 1.96 bits per heavy atom. The zero-order valence-electron chi connectivity index (χ0n) is 13.9. The predicted molar refractivity (Wildman–Crippen MR) is 97.9 cm³/mol. The molecule has 0 aliphatic rings. The summed E-state index contributed by atoms with van der Waals surface area (Å²) in [6.07, 6.45) is 0. The van der Waals surface area contributed by atoms with Gasteiger partial charge in [-0.3, -0.25) is 0 Å². The van der Waals surface area contributed by atoms with Gasteiger partial charge in [0.15, 0.2) is 0 Å². The van der Waals surface area contributed by atoms with E-state index < -0.39 is 10.0 Å². The van der Waals surface area contributed by atoms with Crippen molar-refractivity contribution >= 4 is 32.7 Å². The smallest absolute Gasteiger partial charge is 0.241 e. The summed E-state index contributed by atoms with van der Waals surface area (Å²) < 4.78 is 27.7. The second-order valence-corrected chi connectivity index (χ2v) is 9.10. The fraction of sp³-hybridized carbons (Fsp3) is 0.533. The summed E-state index contributed by atoms with van der Waals surface area (Å²) >= 11 is 3.02. The van der Waals surface area contributed by atoms with Gasteiger partial charge in [0.2, 0.25) is 10.0 Å². The van der Waals surface area contributed by atoms with Crippen molar-refractivity contribution in [2.75, 3.05) is 26.2 Å². The summed E-state index contributed by atoms with van der Waals surface area (Å²) in [6.45, 7) is 10.9. The zero-order chi connectivity index (χ0) is 17.0. The Balaban J connectivity index is 2.12. The SMILES string of the molecule is CCN(CC)CCNS(=O)(=O)c1cc(-c2nc(C)cs2)sc1C. The van der Waals surface area contributed by atoms with E-state index in [1.807, 2.05) is 19.2 Å². The van der Waals surface area contributed by atoms with Crippen LogP contribution in [-0.2, 0) is 10.0 Å².